The molecule has 0 radical (unpaired) electrons. The van der Waals surface area contributed by atoms with Crippen molar-refractivity contribution in [1.82, 2.24) is 5.32 Å². The molecule has 0 bridgehead atoms. The first-order valence-corrected chi connectivity index (χ1v) is 6.95. The summed E-state index contributed by atoms with van der Waals surface area (Å²) in [5.74, 6) is -2.84. The molecule has 0 heterocycles. The Balaban J connectivity index is 2.60. The van der Waals surface area contributed by atoms with E-state index in [1.165, 1.54) is 0 Å². The molecule has 0 spiro atoms. The third-order valence-electron chi connectivity index (χ3n) is 3.21. The van der Waals surface area contributed by atoms with Crippen LogP contribution in [0.25, 0.3) is 0 Å². The summed E-state index contributed by atoms with van der Waals surface area (Å²) in [7, 11) is 0. The maximum Gasteiger partial charge on any atom is 0.161 e. The molecule has 1 aromatic rings. The Hall–Kier alpha value is -1.03. The topological polar surface area (TPSA) is 12.0 Å². The van der Waals surface area contributed by atoms with Crippen LogP contribution in [0.5, 0.6) is 0 Å². The highest BCUT2D eigenvalue weighted by Crippen LogP contribution is 2.15. The second-order valence-corrected chi connectivity index (χ2v) is 4.87. The molecule has 19 heavy (non-hydrogen) atoms. The van der Waals surface area contributed by atoms with Gasteiger partial charge in [0, 0.05) is 24.2 Å². The van der Waals surface area contributed by atoms with Crippen molar-refractivity contribution in [3.63, 3.8) is 0 Å². The van der Waals surface area contributed by atoms with Crippen molar-refractivity contribution in [2.45, 2.75) is 58.5 Å². The second-order valence-electron chi connectivity index (χ2n) is 4.87. The Morgan fingerprint density at radius 1 is 0.947 bits per heavy atom. The SMILES string of the molecule is CCCCC(CCC)NCc1cc(F)c(F)cc1F. The van der Waals surface area contributed by atoms with E-state index in [0.717, 1.165) is 38.2 Å². The summed E-state index contributed by atoms with van der Waals surface area (Å²) in [5.41, 5.74) is 0.177. The van der Waals surface area contributed by atoms with Crippen LogP contribution < -0.4 is 5.32 Å². The predicted molar refractivity (Wildman–Crippen MR) is 71.4 cm³/mol. The van der Waals surface area contributed by atoms with E-state index in [0.29, 0.717) is 12.1 Å². The molecule has 0 aliphatic rings. The van der Waals surface area contributed by atoms with E-state index >= 15 is 0 Å². The molecule has 0 fully saturated rings. The zero-order valence-corrected chi connectivity index (χ0v) is 11.6. The van der Waals surface area contributed by atoms with Gasteiger partial charge in [-0.1, -0.05) is 33.1 Å². The summed E-state index contributed by atoms with van der Waals surface area (Å²) in [5, 5.41) is 3.23. The van der Waals surface area contributed by atoms with E-state index in [-0.39, 0.29) is 12.1 Å². The fraction of sp³-hybridized carbons (Fsp3) is 0.600. The van der Waals surface area contributed by atoms with Crippen LogP contribution in [0.1, 0.15) is 51.5 Å². The molecule has 1 N–H and O–H groups in total. The van der Waals surface area contributed by atoms with Gasteiger partial charge in [0.25, 0.3) is 0 Å². The molecule has 0 amide bonds. The number of rotatable bonds is 8. The Morgan fingerprint density at radius 2 is 1.63 bits per heavy atom. The predicted octanol–water partition coefficient (Wildman–Crippen LogP) is 4.55. The molecule has 1 rings (SSSR count). The van der Waals surface area contributed by atoms with Gasteiger partial charge in [0.15, 0.2) is 11.6 Å². The Kier molecular flexibility index (Phi) is 6.92. The van der Waals surface area contributed by atoms with E-state index in [9.17, 15) is 13.2 Å². The zero-order valence-electron chi connectivity index (χ0n) is 11.6. The second kappa shape index (κ2) is 8.20. The van der Waals surface area contributed by atoms with E-state index < -0.39 is 17.5 Å². The molecule has 108 valence electrons. The van der Waals surface area contributed by atoms with Gasteiger partial charge in [0.1, 0.15) is 5.82 Å². The van der Waals surface area contributed by atoms with Gasteiger partial charge in [-0.05, 0) is 18.9 Å². The lowest BCUT2D eigenvalue weighted by molar-refractivity contribution is 0.425. The number of benzene rings is 1. The Morgan fingerprint density at radius 3 is 2.26 bits per heavy atom. The van der Waals surface area contributed by atoms with Crippen molar-refractivity contribution in [2.75, 3.05) is 0 Å². The van der Waals surface area contributed by atoms with Gasteiger partial charge >= 0.3 is 0 Å². The molecule has 1 unspecified atom stereocenters. The zero-order chi connectivity index (χ0) is 14.3. The van der Waals surface area contributed by atoms with Crippen LogP contribution in [0.3, 0.4) is 0 Å². The number of halogens is 3. The van der Waals surface area contributed by atoms with E-state index in [2.05, 4.69) is 19.2 Å². The largest absolute Gasteiger partial charge is 0.310 e. The van der Waals surface area contributed by atoms with Crippen LogP contribution in [0.4, 0.5) is 13.2 Å². The van der Waals surface area contributed by atoms with Crippen molar-refractivity contribution in [3.05, 3.63) is 35.1 Å². The maximum absolute atomic E-state index is 13.5. The summed E-state index contributed by atoms with van der Waals surface area (Å²) in [6.45, 7) is 4.45. The van der Waals surface area contributed by atoms with Gasteiger partial charge < -0.3 is 5.32 Å². The summed E-state index contributed by atoms with van der Waals surface area (Å²) in [6, 6.07) is 1.84. The first-order chi connectivity index (χ1) is 9.08. The fourth-order valence-electron chi connectivity index (χ4n) is 2.10. The maximum atomic E-state index is 13.5. The number of nitrogens with one attached hydrogen (secondary N) is 1. The lowest BCUT2D eigenvalue weighted by Crippen LogP contribution is -2.28. The van der Waals surface area contributed by atoms with Gasteiger partial charge in [-0.2, -0.15) is 0 Å². The summed E-state index contributed by atoms with van der Waals surface area (Å²) >= 11 is 0. The summed E-state index contributed by atoms with van der Waals surface area (Å²) in [4.78, 5) is 0. The molecule has 0 saturated heterocycles. The highest BCUT2D eigenvalue weighted by atomic mass is 19.2. The number of unbranched alkanes of at least 4 members (excludes halogenated alkanes) is 1. The van der Waals surface area contributed by atoms with Crippen molar-refractivity contribution < 1.29 is 13.2 Å². The van der Waals surface area contributed by atoms with E-state index in [4.69, 9.17) is 0 Å². The number of hydrogen-bond acceptors (Lipinski definition) is 1. The first-order valence-electron chi connectivity index (χ1n) is 6.95. The summed E-state index contributed by atoms with van der Waals surface area (Å²) in [6.07, 6.45) is 5.29. The normalized spacial score (nSPS) is 12.7. The van der Waals surface area contributed by atoms with Crippen LogP contribution >= 0.6 is 0 Å². The molecular weight excluding hydrogens is 251 g/mol. The summed E-state index contributed by atoms with van der Waals surface area (Å²) < 4.78 is 39.3. The molecule has 1 nitrogen and oxygen atoms in total. The van der Waals surface area contributed by atoms with Gasteiger partial charge in [0.05, 0.1) is 0 Å². The van der Waals surface area contributed by atoms with Crippen LogP contribution in [-0.4, -0.2) is 6.04 Å². The Bertz CT molecular complexity index is 393. The average molecular weight is 273 g/mol. The lowest BCUT2D eigenvalue weighted by Gasteiger charge is -2.18. The van der Waals surface area contributed by atoms with Crippen LogP contribution in [0.15, 0.2) is 12.1 Å². The minimum Gasteiger partial charge on any atom is -0.310 e. The van der Waals surface area contributed by atoms with E-state index in [1.54, 1.807) is 0 Å². The molecule has 0 saturated carbocycles. The van der Waals surface area contributed by atoms with Crippen LogP contribution in [-0.2, 0) is 6.54 Å². The smallest absolute Gasteiger partial charge is 0.161 e. The van der Waals surface area contributed by atoms with Gasteiger partial charge in [-0.25, -0.2) is 13.2 Å². The molecular formula is C15H22F3N. The molecule has 0 aliphatic heterocycles. The molecule has 0 aromatic heterocycles. The monoisotopic (exact) mass is 273 g/mol. The third-order valence-corrected chi connectivity index (χ3v) is 3.21. The van der Waals surface area contributed by atoms with Gasteiger partial charge in [-0.3, -0.25) is 0 Å². The van der Waals surface area contributed by atoms with Crippen molar-refractivity contribution in [2.24, 2.45) is 0 Å². The van der Waals surface area contributed by atoms with E-state index in [1.807, 2.05) is 0 Å². The van der Waals surface area contributed by atoms with Crippen LogP contribution in [0, 0.1) is 17.5 Å². The standard InChI is InChI=1S/C15H22F3N/c1-3-5-7-12(6-4-2)19-10-11-8-14(17)15(18)9-13(11)16/h8-9,12,19H,3-7,10H2,1-2H3. The van der Waals surface area contributed by atoms with Gasteiger partial charge in [-0.15, -0.1) is 0 Å². The quantitative estimate of drug-likeness (QED) is 0.685. The van der Waals surface area contributed by atoms with Crippen molar-refractivity contribution in [3.8, 4) is 0 Å². The highest BCUT2D eigenvalue weighted by Gasteiger charge is 2.12. The van der Waals surface area contributed by atoms with Crippen molar-refractivity contribution in [1.29, 1.82) is 0 Å². The Labute approximate surface area is 113 Å². The first kappa shape index (κ1) is 16.0. The average Bonchev–Trinajstić information content (AvgIpc) is 2.38. The molecule has 0 aliphatic carbocycles. The van der Waals surface area contributed by atoms with Crippen molar-refractivity contribution >= 4 is 0 Å². The fourth-order valence-corrected chi connectivity index (χ4v) is 2.10. The third kappa shape index (κ3) is 5.23. The van der Waals surface area contributed by atoms with Gasteiger partial charge in [0.2, 0.25) is 0 Å². The lowest BCUT2D eigenvalue weighted by atomic mass is 10.0. The minimum atomic E-state index is -1.14. The minimum absolute atomic E-state index is 0.177. The number of hydrogen-bond donors (Lipinski definition) is 1. The molecule has 1 atom stereocenters. The molecule has 4 heteroatoms. The van der Waals surface area contributed by atoms with Crippen LogP contribution in [0.2, 0.25) is 0 Å². The molecule has 1 aromatic carbocycles. The highest BCUT2D eigenvalue weighted by molar-refractivity contribution is 5.20.